The SMILES string of the molecule is Cl.O=C(C1CC(F)(F)CN1)N1CCN(CCO)CC1. The van der Waals surface area contributed by atoms with Gasteiger partial charge >= 0.3 is 0 Å². The molecule has 0 bridgehead atoms. The van der Waals surface area contributed by atoms with E-state index in [0.29, 0.717) is 32.7 Å². The Morgan fingerprint density at radius 3 is 2.42 bits per heavy atom. The van der Waals surface area contributed by atoms with Crippen molar-refractivity contribution < 1.29 is 18.7 Å². The van der Waals surface area contributed by atoms with E-state index in [1.807, 2.05) is 0 Å². The number of nitrogens with one attached hydrogen (secondary N) is 1. The van der Waals surface area contributed by atoms with Crippen LogP contribution in [-0.4, -0.2) is 78.7 Å². The van der Waals surface area contributed by atoms with E-state index < -0.39 is 24.9 Å². The fourth-order valence-electron chi connectivity index (χ4n) is 2.44. The predicted octanol–water partition coefficient (Wildman–Crippen LogP) is -0.458. The van der Waals surface area contributed by atoms with Crippen LogP contribution in [-0.2, 0) is 4.79 Å². The normalized spacial score (nSPS) is 27.1. The third-order valence-corrected chi connectivity index (χ3v) is 3.51. The molecule has 1 atom stereocenters. The summed E-state index contributed by atoms with van der Waals surface area (Å²) in [4.78, 5) is 15.7. The van der Waals surface area contributed by atoms with E-state index in [9.17, 15) is 13.6 Å². The van der Waals surface area contributed by atoms with Crippen molar-refractivity contribution in [2.45, 2.75) is 18.4 Å². The first-order chi connectivity index (χ1) is 8.52. The second-order valence-corrected chi connectivity index (χ2v) is 4.88. The molecule has 5 nitrogen and oxygen atoms in total. The largest absolute Gasteiger partial charge is 0.395 e. The average Bonchev–Trinajstić information content (AvgIpc) is 2.70. The topological polar surface area (TPSA) is 55.8 Å². The molecule has 2 saturated heterocycles. The lowest BCUT2D eigenvalue weighted by Gasteiger charge is -2.35. The lowest BCUT2D eigenvalue weighted by atomic mass is 10.1. The molecule has 0 radical (unpaired) electrons. The molecule has 2 rings (SSSR count). The summed E-state index contributed by atoms with van der Waals surface area (Å²) in [6.45, 7) is 2.76. The monoisotopic (exact) mass is 299 g/mol. The summed E-state index contributed by atoms with van der Waals surface area (Å²) in [5.41, 5.74) is 0. The van der Waals surface area contributed by atoms with Gasteiger partial charge in [-0.15, -0.1) is 12.4 Å². The molecule has 2 fully saturated rings. The zero-order valence-corrected chi connectivity index (χ0v) is 11.5. The highest BCUT2D eigenvalue weighted by Gasteiger charge is 2.43. The van der Waals surface area contributed by atoms with Crippen molar-refractivity contribution in [3.8, 4) is 0 Å². The van der Waals surface area contributed by atoms with Crippen molar-refractivity contribution >= 4 is 18.3 Å². The van der Waals surface area contributed by atoms with Crippen molar-refractivity contribution in [2.24, 2.45) is 0 Å². The Kier molecular flexibility index (Phi) is 5.91. The van der Waals surface area contributed by atoms with Gasteiger partial charge in [0.2, 0.25) is 5.91 Å². The van der Waals surface area contributed by atoms with E-state index >= 15 is 0 Å². The minimum Gasteiger partial charge on any atom is -0.395 e. The fourth-order valence-corrected chi connectivity index (χ4v) is 2.44. The maximum absolute atomic E-state index is 13.0. The van der Waals surface area contributed by atoms with Gasteiger partial charge in [0.05, 0.1) is 19.2 Å². The summed E-state index contributed by atoms with van der Waals surface area (Å²) in [6, 6.07) is -0.746. The van der Waals surface area contributed by atoms with Crippen LogP contribution in [0.15, 0.2) is 0 Å². The van der Waals surface area contributed by atoms with Gasteiger partial charge in [-0.2, -0.15) is 0 Å². The maximum atomic E-state index is 13.0. The lowest BCUT2D eigenvalue weighted by Crippen LogP contribution is -2.53. The predicted molar refractivity (Wildman–Crippen MR) is 68.7 cm³/mol. The van der Waals surface area contributed by atoms with Crippen LogP contribution >= 0.6 is 12.4 Å². The van der Waals surface area contributed by atoms with Crippen molar-refractivity contribution in [3.05, 3.63) is 0 Å². The summed E-state index contributed by atoms with van der Waals surface area (Å²) in [5, 5.41) is 11.4. The van der Waals surface area contributed by atoms with Gasteiger partial charge < -0.3 is 10.0 Å². The molecule has 2 aliphatic rings. The second-order valence-electron chi connectivity index (χ2n) is 4.88. The van der Waals surface area contributed by atoms with E-state index in [1.54, 1.807) is 4.90 Å². The van der Waals surface area contributed by atoms with Crippen LogP contribution in [0.4, 0.5) is 8.78 Å². The van der Waals surface area contributed by atoms with Crippen LogP contribution in [0.2, 0.25) is 0 Å². The van der Waals surface area contributed by atoms with Crippen molar-refractivity contribution in [3.63, 3.8) is 0 Å². The first-order valence-corrected chi connectivity index (χ1v) is 6.25. The highest BCUT2D eigenvalue weighted by Crippen LogP contribution is 2.26. The van der Waals surface area contributed by atoms with Crippen LogP contribution < -0.4 is 5.32 Å². The Balaban J connectivity index is 0.00000180. The smallest absolute Gasteiger partial charge is 0.262 e. The minimum absolute atomic E-state index is 0. The zero-order chi connectivity index (χ0) is 13.2. The van der Waals surface area contributed by atoms with Gasteiger partial charge in [0, 0.05) is 39.1 Å². The van der Waals surface area contributed by atoms with Crippen LogP contribution in [0.1, 0.15) is 6.42 Å². The third kappa shape index (κ3) is 4.24. The molecular formula is C11H20ClF2N3O2. The Labute approximate surface area is 117 Å². The van der Waals surface area contributed by atoms with E-state index in [2.05, 4.69) is 10.2 Å². The molecule has 1 amide bonds. The Hall–Kier alpha value is -0.500. The summed E-state index contributed by atoms with van der Waals surface area (Å²) >= 11 is 0. The number of halogens is 3. The molecule has 1 unspecified atom stereocenters. The molecule has 2 heterocycles. The summed E-state index contributed by atoms with van der Waals surface area (Å²) < 4.78 is 26.0. The molecule has 112 valence electrons. The fraction of sp³-hybridized carbons (Fsp3) is 0.909. The van der Waals surface area contributed by atoms with Crippen LogP contribution in [0.3, 0.4) is 0 Å². The van der Waals surface area contributed by atoms with Crippen LogP contribution in [0.25, 0.3) is 0 Å². The van der Waals surface area contributed by atoms with E-state index in [1.165, 1.54) is 0 Å². The van der Waals surface area contributed by atoms with Gasteiger partial charge in [0.25, 0.3) is 5.92 Å². The van der Waals surface area contributed by atoms with Gasteiger partial charge in [-0.3, -0.25) is 15.0 Å². The van der Waals surface area contributed by atoms with Gasteiger partial charge in [-0.1, -0.05) is 0 Å². The van der Waals surface area contributed by atoms with Gasteiger partial charge in [0.15, 0.2) is 0 Å². The van der Waals surface area contributed by atoms with Gasteiger partial charge in [-0.05, 0) is 0 Å². The molecule has 2 aliphatic heterocycles. The number of piperazine rings is 1. The molecule has 0 aromatic carbocycles. The summed E-state index contributed by atoms with van der Waals surface area (Å²) in [6.07, 6.45) is -0.400. The quantitative estimate of drug-likeness (QED) is 0.741. The Bertz CT molecular complexity index is 312. The number of aliphatic hydroxyl groups is 1. The first-order valence-electron chi connectivity index (χ1n) is 6.25. The number of aliphatic hydroxyl groups excluding tert-OH is 1. The van der Waals surface area contributed by atoms with Crippen molar-refractivity contribution in [2.75, 3.05) is 45.9 Å². The highest BCUT2D eigenvalue weighted by atomic mass is 35.5. The molecule has 0 aromatic rings. The number of carbonyl (C=O) groups excluding carboxylic acids is 1. The maximum Gasteiger partial charge on any atom is 0.262 e. The Morgan fingerprint density at radius 2 is 1.95 bits per heavy atom. The number of hydrogen-bond acceptors (Lipinski definition) is 4. The molecule has 19 heavy (non-hydrogen) atoms. The minimum atomic E-state index is -2.76. The number of amides is 1. The number of hydrogen-bond donors (Lipinski definition) is 2. The summed E-state index contributed by atoms with van der Waals surface area (Å²) in [5.74, 6) is -2.99. The number of carbonyl (C=O) groups is 1. The number of alkyl halides is 2. The summed E-state index contributed by atoms with van der Waals surface area (Å²) in [7, 11) is 0. The zero-order valence-electron chi connectivity index (χ0n) is 10.6. The van der Waals surface area contributed by atoms with E-state index in [0.717, 1.165) is 0 Å². The molecule has 2 N–H and O–H groups in total. The van der Waals surface area contributed by atoms with Gasteiger partial charge in [-0.25, -0.2) is 8.78 Å². The lowest BCUT2D eigenvalue weighted by molar-refractivity contribution is -0.135. The Morgan fingerprint density at radius 1 is 1.32 bits per heavy atom. The van der Waals surface area contributed by atoms with E-state index in [4.69, 9.17) is 5.11 Å². The van der Waals surface area contributed by atoms with Crippen LogP contribution in [0, 0.1) is 0 Å². The van der Waals surface area contributed by atoms with Crippen LogP contribution in [0.5, 0.6) is 0 Å². The van der Waals surface area contributed by atoms with E-state index in [-0.39, 0.29) is 24.9 Å². The first kappa shape index (κ1) is 16.6. The number of rotatable bonds is 3. The van der Waals surface area contributed by atoms with Crippen molar-refractivity contribution in [1.82, 2.24) is 15.1 Å². The highest BCUT2D eigenvalue weighted by molar-refractivity contribution is 5.85. The second kappa shape index (κ2) is 6.78. The molecule has 8 heteroatoms. The molecular weight excluding hydrogens is 280 g/mol. The van der Waals surface area contributed by atoms with Gasteiger partial charge in [0.1, 0.15) is 0 Å². The molecule has 0 spiro atoms. The van der Waals surface area contributed by atoms with Crippen molar-refractivity contribution in [1.29, 1.82) is 0 Å². The standard InChI is InChI=1S/C11H19F2N3O2.ClH/c12-11(13)7-9(14-8-11)10(18)16-3-1-15(2-4-16)5-6-17;/h9,14,17H,1-8H2;1H. The molecule has 0 saturated carbocycles. The number of β-amino-alcohol motifs (C(OH)–C–C–N with tert-alkyl or cyclic N) is 1. The average molecular weight is 300 g/mol. The number of nitrogens with zero attached hydrogens (tertiary/aromatic N) is 2. The third-order valence-electron chi connectivity index (χ3n) is 3.51. The molecule has 0 aromatic heterocycles. The molecule has 0 aliphatic carbocycles.